The standard InChI is InChI=1S/C39H41F2N5O9/c1-21(2)34(39(53)42-22(3)36(50)44-30(19-33(49)54-4)32(48)20-55-35-26(40)9-7-10-27(35)41)46-38(52)31(18-23-12-15-25(47)16-13-23)45-37(51)29-17-14-24-8-5-6-11-28(24)43-29/h5-17,21-22,30-31,34,47H,18-20H2,1-4H3,(H,42,53)(H,44,50)(H,45,51)(H,46,52)/t22?,30?,31-,34-/m0/s1. The maximum atomic E-state index is 14.0. The highest BCUT2D eigenvalue weighted by Crippen LogP contribution is 2.21. The van der Waals surface area contributed by atoms with Crippen LogP contribution >= 0.6 is 0 Å². The van der Waals surface area contributed by atoms with E-state index in [9.17, 15) is 42.7 Å². The molecule has 0 aliphatic heterocycles. The van der Waals surface area contributed by atoms with E-state index in [1.54, 1.807) is 44.2 Å². The number of benzene rings is 3. The second-order valence-corrected chi connectivity index (χ2v) is 12.9. The summed E-state index contributed by atoms with van der Waals surface area (Å²) in [5, 5.41) is 20.7. The predicted octanol–water partition coefficient (Wildman–Crippen LogP) is 2.90. The van der Waals surface area contributed by atoms with E-state index >= 15 is 0 Å². The fraction of sp³-hybridized carbons (Fsp3) is 0.308. The first-order valence-electron chi connectivity index (χ1n) is 17.2. The Balaban J connectivity index is 1.45. The molecule has 4 rings (SSSR count). The zero-order valence-electron chi connectivity index (χ0n) is 30.4. The largest absolute Gasteiger partial charge is 0.508 e. The second-order valence-electron chi connectivity index (χ2n) is 12.9. The van der Waals surface area contributed by atoms with Crippen molar-refractivity contribution in [2.45, 2.75) is 57.8 Å². The molecule has 5 N–H and O–H groups in total. The van der Waals surface area contributed by atoms with Gasteiger partial charge >= 0.3 is 5.97 Å². The minimum absolute atomic E-state index is 0.00358. The van der Waals surface area contributed by atoms with Gasteiger partial charge in [-0.1, -0.05) is 56.3 Å². The number of nitrogens with one attached hydrogen (secondary N) is 4. The zero-order valence-corrected chi connectivity index (χ0v) is 30.4. The van der Waals surface area contributed by atoms with Crippen molar-refractivity contribution in [3.05, 3.63) is 102 Å². The van der Waals surface area contributed by atoms with Gasteiger partial charge in [0.25, 0.3) is 5.91 Å². The summed E-state index contributed by atoms with van der Waals surface area (Å²) in [4.78, 5) is 83.3. The molecule has 4 amide bonds. The zero-order chi connectivity index (χ0) is 40.2. The van der Waals surface area contributed by atoms with Crippen LogP contribution in [-0.4, -0.2) is 83.4 Å². The number of phenolic OH excluding ortho intramolecular Hbond substituents is 1. The molecule has 0 fully saturated rings. The number of esters is 1. The van der Waals surface area contributed by atoms with Crippen LogP contribution < -0.4 is 26.0 Å². The molecule has 14 nitrogen and oxygen atoms in total. The average molecular weight is 762 g/mol. The number of aromatic hydroxyl groups is 1. The number of nitrogens with zero attached hydrogens (tertiary/aromatic N) is 1. The number of halogens is 2. The summed E-state index contributed by atoms with van der Waals surface area (Å²) < 4.78 is 37.6. The third-order valence-electron chi connectivity index (χ3n) is 8.41. The topological polar surface area (TPSA) is 202 Å². The molecular weight excluding hydrogens is 720 g/mol. The van der Waals surface area contributed by atoms with Gasteiger partial charge in [0, 0.05) is 11.8 Å². The molecule has 0 spiro atoms. The van der Waals surface area contributed by atoms with Crippen LogP contribution in [0.15, 0.2) is 78.9 Å². The lowest BCUT2D eigenvalue weighted by Crippen LogP contribution is -2.59. The molecule has 0 radical (unpaired) electrons. The molecule has 4 aromatic rings. The number of carbonyl (C=O) groups is 6. The molecule has 0 saturated carbocycles. The molecule has 2 unspecified atom stereocenters. The van der Waals surface area contributed by atoms with Gasteiger partial charge in [0.1, 0.15) is 42.2 Å². The summed E-state index contributed by atoms with van der Waals surface area (Å²) in [5.41, 5.74) is 1.20. The summed E-state index contributed by atoms with van der Waals surface area (Å²) in [6.45, 7) is 3.67. The number of aromatic nitrogens is 1. The number of Topliss-reactive ketones (excluding diaryl/α,β-unsaturated/α-hetero) is 1. The highest BCUT2D eigenvalue weighted by atomic mass is 19.1. The van der Waals surface area contributed by atoms with Crippen LogP contribution in [0.4, 0.5) is 8.78 Å². The lowest BCUT2D eigenvalue weighted by atomic mass is 10.0. The number of rotatable bonds is 17. The lowest BCUT2D eigenvalue weighted by Gasteiger charge is -2.27. The predicted molar refractivity (Wildman–Crippen MR) is 195 cm³/mol. The van der Waals surface area contributed by atoms with Crippen molar-refractivity contribution >= 4 is 46.3 Å². The first-order valence-corrected chi connectivity index (χ1v) is 17.2. The molecule has 4 atom stereocenters. The fourth-order valence-electron chi connectivity index (χ4n) is 5.32. The Morgan fingerprint density at radius 2 is 1.42 bits per heavy atom. The number of amides is 4. The number of ketones is 1. The van der Waals surface area contributed by atoms with Gasteiger partial charge in [0.05, 0.1) is 19.0 Å². The highest BCUT2D eigenvalue weighted by molar-refractivity contribution is 5.99. The monoisotopic (exact) mass is 761 g/mol. The molecule has 1 heterocycles. The number of phenols is 1. The number of methoxy groups -OCH3 is 1. The Kier molecular flexibility index (Phi) is 14.3. The molecule has 290 valence electrons. The van der Waals surface area contributed by atoms with Crippen LogP contribution in [0.5, 0.6) is 11.5 Å². The summed E-state index contributed by atoms with van der Waals surface area (Å²) in [6.07, 6.45) is -0.683. The second kappa shape index (κ2) is 19.0. The van der Waals surface area contributed by atoms with E-state index < -0.39 is 95.9 Å². The molecule has 3 aromatic carbocycles. The number of hydrogen-bond donors (Lipinski definition) is 5. The van der Waals surface area contributed by atoms with E-state index in [0.717, 1.165) is 30.7 Å². The van der Waals surface area contributed by atoms with E-state index in [4.69, 9.17) is 4.74 Å². The van der Waals surface area contributed by atoms with Crippen molar-refractivity contribution in [3.63, 3.8) is 0 Å². The number of hydrogen-bond acceptors (Lipinski definition) is 10. The highest BCUT2D eigenvalue weighted by Gasteiger charge is 2.32. The van der Waals surface area contributed by atoms with Gasteiger partial charge in [-0.15, -0.1) is 0 Å². The maximum Gasteiger partial charge on any atom is 0.308 e. The van der Waals surface area contributed by atoms with Crippen LogP contribution in [0, 0.1) is 17.6 Å². The molecule has 1 aromatic heterocycles. The molecule has 0 bridgehead atoms. The SMILES string of the molecule is COC(=O)CC(NC(=O)C(C)NC(=O)[C@@H](NC(=O)[C@H](Cc1ccc(O)cc1)NC(=O)c1ccc2ccccc2n1)C(C)C)C(=O)COc1c(F)cccc1F. The van der Waals surface area contributed by atoms with E-state index in [2.05, 4.69) is 31.0 Å². The Morgan fingerprint density at radius 3 is 2.07 bits per heavy atom. The van der Waals surface area contributed by atoms with Crippen LogP contribution in [0.2, 0.25) is 0 Å². The van der Waals surface area contributed by atoms with E-state index in [1.807, 2.05) is 12.1 Å². The molecule has 16 heteroatoms. The van der Waals surface area contributed by atoms with Crippen LogP contribution in [0.3, 0.4) is 0 Å². The van der Waals surface area contributed by atoms with E-state index in [-0.39, 0.29) is 17.9 Å². The Hall–Kier alpha value is -6.45. The molecule has 0 saturated heterocycles. The third-order valence-corrected chi connectivity index (χ3v) is 8.41. The first kappa shape index (κ1) is 41.3. The smallest absolute Gasteiger partial charge is 0.308 e. The van der Waals surface area contributed by atoms with Gasteiger partial charge in [-0.05, 0) is 54.8 Å². The first-order chi connectivity index (χ1) is 26.2. The summed E-state index contributed by atoms with van der Waals surface area (Å²) >= 11 is 0. The van der Waals surface area contributed by atoms with Crippen molar-refractivity contribution in [2.24, 2.45) is 5.92 Å². The van der Waals surface area contributed by atoms with Crippen LogP contribution in [0.25, 0.3) is 10.9 Å². The summed E-state index contributed by atoms with van der Waals surface area (Å²) in [6, 6.07) is 14.0. The van der Waals surface area contributed by atoms with Crippen molar-refractivity contribution in [3.8, 4) is 11.5 Å². The summed E-state index contributed by atoms with van der Waals surface area (Å²) in [5.74, 6) is -8.39. The van der Waals surface area contributed by atoms with Crippen molar-refractivity contribution in [1.29, 1.82) is 0 Å². The molecular formula is C39H41F2N5O9. The minimum Gasteiger partial charge on any atom is -0.508 e. The lowest BCUT2D eigenvalue weighted by molar-refractivity contribution is -0.143. The number of fused-ring (bicyclic) bond motifs is 1. The molecule has 55 heavy (non-hydrogen) atoms. The number of pyridine rings is 1. The van der Waals surface area contributed by atoms with Gasteiger partial charge in [-0.25, -0.2) is 13.8 Å². The fourth-order valence-corrected chi connectivity index (χ4v) is 5.32. The van der Waals surface area contributed by atoms with Crippen molar-refractivity contribution < 1.29 is 52.1 Å². The van der Waals surface area contributed by atoms with Crippen LogP contribution in [0.1, 0.15) is 43.2 Å². The normalized spacial score (nSPS) is 13.1. The van der Waals surface area contributed by atoms with Crippen LogP contribution in [-0.2, 0) is 35.1 Å². The quantitative estimate of drug-likeness (QED) is 0.0997. The van der Waals surface area contributed by atoms with Gasteiger partial charge in [0.2, 0.25) is 17.7 Å². The molecule has 0 aliphatic rings. The maximum absolute atomic E-state index is 14.0. The average Bonchev–Trinajstić information content (AvgIpc) is 3.16. The Morgan fingerprint density at radius 1 is 0.745 bits per heavy atom. The van der Waals surface area contributed by atoms with E-state index in [1.165, 1.54) is 25.1 Å². The Bertz CT molecular complexity index is 2020. The number of para-hydroxylation sites is 2. The van der Waals surface area contributed by atoms with Gasteiger partial charge in [0.15, 0.2) is 23.2 Å². The third kappa shape index (κ3) is 11.5. The molecule has 0 aliphatic carbocycles. The number of ether oxygens (including phenoxy) is 2. The van der Waals surface area contributed by atoms with Gasteiger partial charge in [-0.2, -0.15) is 0 Å². The van der Waals surface area contributed by atoms with E-state index in [0.29, 0.717) is 11.1 Å². The van der Waals surface area contributed by atoms with Gasteiger partial charge < -0.3 is 35.8 Å². The van der Waals surface area contributed by atoms with Gasteiger partial charge in [-0.3, -0.25) is 28.8 Å². The van der Waals surface area contributed by atoms with Crippen molar-refractivity contribution in [1.82, 2.24) is 26.3 Å². The Labute approximate surface area is 315 Å². The van der Waals surface area contributed by atoms with Crippen molar-refractivity contribution in [2.75, 3.05) is 13.7 Å². The minimum atomic E-state index is -1.56. The number of carbonyl (C=O) groups excluding carboxylic acids is 6. The summed E-state index contributed by atoms with van der Waals surface area (Å²) in [7, 11) is 1.06.